The molecule has 1 N–H and O–H groups in total. The Morgan fingerprint density at radius 2 is 2.04 bits per heavy atom. The van der Waals surface area contributed by atoms with Crippen LogP contribution in [0, 0.1) is 20.8 Å². The lowest BCUT2D eigenvalue weighted by Gasteiger charge is -2.18. The summed E-state index contributed by atoms with van der Waals surface area (Å²) in [6.07, 6.45) is 2.24. The molecule has 0 bridgehead atoms. The Morgan fingerprint density at radius 1 is 1.28 bits per heavy atom. The zero-order valence-corrected chi connectivity index (χ0v) is 15.3. The lowest BCUT2D eigenvalue weighted by atomic mass is 9.99. The molecule has 3 rings (SSSR count). The lowest BCUT2D eigenvalue weighted by Crippen LogP contribution is -2.31. The van der Waals surface area contributed by atoms with Crippen molar-refractivity contribution in [3.63, 3.8) is 0 Å². The van der Waals surface area contributed by atoms with Gasteiger partial charge >= 0.3 is 0 Å². The molecule has 1 unspecified atom stereocenters. The number of carbonyl (C=O) groups excluding carboxylic acids is 1. The average molecular weight is 337 g/mol. The molecule has 6 heteroatoms. The highest BCUT2D eigenvalue weighted by Crippen LogP contribution is 2.25. The molecule has 1 amide bonds. The number of aryl methyl sites for hydroxylation is 3. The molecule has 2 heterocycles. The monoisotopic (exact) mass is 337 g/mol. The smallest absolute Gasteiger partial charge is 0.252 e. The maximum absolute atomic E-state index is 13.1. The SMILES string of the molecule is CCC(NC(=O)c1c(C)c(C)nc2ccc(C)cc12)c1ncnn1C. The second-order valence-corrected chi connectivity index (χ2v) is 6.39. The third kappa shape index (κ3) is 3.12. The summed E-state index contributed by atoms with van der Waals surface area (Å²) in [5.74, 6) is 0.646. The molecule has 0 aliphatic carbocycles. The molecule has 3 aromatic rings. The van der Waals surface area contributed by atoms with Gasteiger partial charge in [0.15, 0.2) is 0 Å². The van der Waals surface area contributed by atoms with Crippen molar-refractivity contribution in [3.8, 4) is 0 Å². The minimum absolute atomic E-state index is 0.103. The van der Waals surface area contributed by atoms with Crippen LogP contribution in [0.2, 0.25) is 0 Å². The summed E-state index contributed by atoms with van der Waals surface area (Å²) in [7, 11) is 1.83. The highest BCUT2D eigenvalue weighted by Gasteiger charge is 2.22. The zero-order valence-electron chi connectivity index (χ0n) is 15.3. The van der Waals surface area contributed by atoms with Crippen LogP contribution in [0.4, 0.5) is 0 Å². The predicted molar refractivity (Wildman–Crippen MR) is 97.5 cm³/mol. The van der Waals surface area contributed by atoms with Crippen LogP contribution in [-0.2, 0) is 7.05 Å². The summed E-state index contributed by atoms with van der Waals surface area (Å²) in [5.41, 5.74) is 4.40. The molecule has 2 aromatic heterocycles. The van der Waals surface area contributed by atoms with Gasteiger partial charge in [-0.25, -0.2) is 4.98 Å². The minimum Gasteiger partial charge on any atom is -0.342 e. The van der Waals surface area contributed by atoms with Crippen molar-refractivity contribution in [2.45, 2.75) is 40.2 Å². The number of hydrogen-bond donors (Lipinski definition) is 1. The van der Waals surface area contributed by atoms with Crippen molar-refractivity contribution in [3.05, 3.63) is 52.7 Å². The van der Waals surface area contributed by atoms with Gasteiger partial charge in [0.1, 0.15) is 12.2 Å². The molecule has 0 aliphatic rings. The van der Waals surface area contributed by atoms with Crippen LogP contribution in [0.1, 0.15) is 52.4 Å². The van der Waals surface area contributed by atoms with Crippen LogP contribution in [0.3, 0.4) is 0 Å². The average Bonchev–Trinajstić information content (AvgIpc) is 3.00. The maximum Gasteiger partial charge on any atom is 0.252 e. The van der Waals surface area contributed by atoms with E-state index in [1.165, 1.54) is 6.33 Å². The van der Waals surface area contributed by atoms with Crippen LogP contribution in [0.25, 0.3) is 10.9 Å². The second-order valence-electron chi connectivity index (χ2n) is 6.39. The fraction of sp³-hybridized carbons (Fsp3) is 0.368. The molecular weight excluding hydrogens is 314 g/mol. The van der Waals surface area contributed by atoms with E-state index in [1.54, 1.807) is 4.68 Å². The molecule has 1 aromatic carbocycles. The van der Waals surface area contributed by atoms with Gasteiger partial charge in [-0.2, -0.15) is 5.10 Å². The first-order valence-electron chi connectivity index (χ1n) is 8.44. The zero-order chi connectivity index (χ0) is 18.1. The van der Waals surface area contributed by atoms with Crippen molar-refractivity contribution in [1.29, 1.82) is 0 Å². The summed E-state index contributed by atoms with van der Waals surface area (Å²) >= 11 is 0. The van der Waals surface area contributed by atoms with Gasteiger partial charge in [0.2, 0.25) is 0 Å². The normalized spacial score (nSPS) is 12.4. The van der Waals surface area contributed by atoms with Crippen molar-refractivity contribution < 1.29 is 4.79 Å². The van der Waals surface area contributed by atoms with Crippen molar-refractivity contribution >= 4 is 16.8 Å². The number of nitrogens with zero attached hydrogens (tertiary/aromatic N) is 4. The first kappa shape index (κ1) is 17.1. The van der Waals surface area contributed by atoms with Crippen LogP contribution in [-0.4, -0.2) is 25.7 Å². The second kappa shape index (κ2) is 6.63. The third-order valence-corrected chi connectivity index (χ3v) is 4.63. The fourth-order valence-electron chi connectivity index (χ4n) is 3.09. The minimum atomic E-state index is -0.187. The van der Waals surface area contributed by atoms with Gasteiger partial charge in [0.25, 0.3) is 5.91 Å². The van der Waals surface area contributed by atoms with E-state index >= 15 is 0 Å². The third-order valence-electron chi connectivity index (χ3n) is 4.63. The molecule has 0 spiro atoms. The Balaban J connectivity index is 2.06. The van der Waals surface area contributed by atoms with Gasteiger partial charge in [-0.1, -0.05) is 18.6 Å². The van der Waals surface area contributed by atoms with Gasteiger partial charge in [-0.05, 0) is 44.9 Å². The summed E-state index contributed by atoms with van der Waals surface area (Å²) in [6.45, 7) is 7.92. The van der Waals surface area contributed by atoms with Crippen LogP contribution >= 0.6 is 0 Å². The Morgan fingerprint density at radius 3 is 2.68 bits per heavy atom. The highest BCUT2D eigenvalue weighted by atomic mass is 16.1. The van der Waals surface area contributed by atoms with E-state index in [0.717, 1.165) is 40.0 Å². The number of pyridine rings is 1. The lowest BCUT2D eigenvalue weighted by molar-refractivity contribution is 0.0934. The molecular formula is C19H23N5O. The standard InChI is InChI=1S/C19H23N5O/c1-6-15(18-20-10-21-24(18)5)23-19(25)17-12(3)13(4)22-16-8-7-11(2)9-14(16)17/h7-10,15H,6H2,1-5H3,(H,23,25). The number of benzene rings is 1. The number of carbonyl (C=O) groups is 1. The van der Waals surface area contributed by atoms with E-state index in [2.05, 4.69) is 20.4 Å². The highest BCUT2D eigenvalue weighted by molar-refractivity contribution is 6.07. The first-order chi connectivity index (χ1) is 11.9. The van der Waals surface area contributed by atoms with Gasteiger partial charge in [0, 0.05) is 18.1 Å². The topological polar surface area (TPSA) is 72.7 Å². The van der Waals surface area contributed by atoms with Gasteiger partial charge < -0.3 is 5.32 Å². The Hall–Kier alpha value is -2.76. The number of fused-ring (bicyclic) bond motifs is 1. The molecule has 0 saturated heterocycles. The molecule has 0 radical (unpaired) electrons. The molecule has 0 aliphatic heterocycles. The van der Waals surface area contributed by atoms with Crippen molar-refractivity contribution in [2.75, 3.05) is 0 Å². The number of aromatic nitrogens is 4. The number of nitrogens with one attached hydrogen (secondary N) is 1. The number of amides is 1. The van der Waals surface area contributed by atoms with Crippen LogP contribution in [0.15, 0.2) is 24.5 Å². The van der Waals surface area contributed by atoms with E-state index < -0.39 is 0 Å². The molecule has 130 valence electrons. The van der Waals surface area contributed by atoms with Crippen molar-refractivity contribution in [2.24, 2.45) is 7.05 Å². The van der Waals surface area contributed by atoms with Gasteiger partial charge in [-0.15, -0.1) is 0 Å². The molecule has 0 saturated carbocycles. The predicted octanol–water partition coefficient (Wildman–Crippen LogP) is 3.17. The van der Waals surface area contributed by atoms with Crippen LogP contribution in [0.5, 0.6) is 0 Å². The van der Waals surface area contributed by atoms with E-state index in [1.807, 2.05) is 52.9 Å². The quantitative estimate of drug-likeness (QED) is 0.793. The van der Waals surface area contributed by atoms with E-state index in [0.29, 0.717) is 5.56 Å². The van der Waals surface area contributed by atoms with Gasteiger partial charge in [0.05, 0.1) is 17.1 Å². The maximum atomic E-state index is 13.1. The molecule has 6 nitrogen and oxygen atoms in total. The molecule has 1 atom stereocenters. The summed E-state index contributed by atoms with van der Waals surface area (Å²) in [5, 5.41) is 8.10. The Bertz CT molecular complexity index is 944. The van der Waals surface area contributed by atoms with E-state index in [9.17, 15) is 4.79 Å². The first-order valence-corrected chi connectivity index (χ1v) is 8.44. The van der Waals surface area contributed by atoms with Gasteiger partial charge in [-0.3, -0.25) is 14.5 Å². The summed E-state index contributed by atoms with van der Waals surface area (Å²) in [6, 6.07) is 5.81. The molecule has 25 heavy (non-hydrogen) atoms. The van der Waals surface area contributed by atoms with E-state index in [4.69, 9.17) is 0 Å². The number of rotatable bonds is 4. The molecule has 0 fully saturated rings. The Kier molecular flexibility index (Phi) is 4.53. The fourth-order valence-corrected chi connectivity index (χ4v) is 3.09. The Labute approximate surface area is 147 Å². The van der Waals surface area contributed by atoms with E-state index in [-0.39, 0.29) is 11.9 Å². The summed E-state index contributed by atoms with van der Waals surface area (Å²) in [4.78, 5) is 22.0. The number of hydrogen-bond acceptors (Lipinski definition) is 4. The van der Waals surface area contributed by atoms with Crippen molar-refractivity contribution in [1.82, 2.24) is 25.1 Å². The van der Waals surface area contributed by atoms with Crippen LogP contribution < -0.4 is 5.32 Å². The summed E-state index contributed by atoms with van der Waals surface area (Å²) < 4.78 is 1.70. The largest absolute Gasteiger partial charge is 0.342 e.